The normalized spacial score (nSPS) is 15.9. The second kappa shape index (κ2) is 11.1. The van der Waals surface area contributed by atoms with Gasteiger partial charge in [-0.25, -0.2) is 8.42 Å². The number of piperazine rings is 1. The molecule has 0 N–H and O–H groups in total. The molecule has 0 radical (unpaired) electrons. The topological polar surface area (TPSA) is 84.7 Å². The van der Waals surface area contributed by atoms with E-state index in [-0.39, 0.29) is 43.3 Å². The Balaban J connectivity index is 1.87. The van der Waals surface area contributed by atoms with Crippen LogP contribution in [0.25, 0.3) is 5.69 Å². The summed E-state index contributed by atoms with van der Waals surface area (Å²) in [5.74, 6) is -5.19. The van der Waals surface area contributed by atoms with Crippen molar-refractivity contribution in [1.29, 1.82) is 0 Å². The van der Waals surface area contributed by atoms with Crippen LogP contribution in [0.3, 0.4) is 0 Å². The van der Waals surface area contributed by atoms with E-state index >= 15 is 0 Å². The summed E-state index contributed by atoms with van der Waals surface area (Å²) >= 11 is 6.00. The van der Waals surface area contributed by atoms with E-state index in [0.717, 1.165) is 4.68 Å². The molecule has 0 atom stereocenters. The molecule has 0 spiro atoms. The molecule has 3 rings (SSSR count). The fourth-order valence-electron chi connectivity index (χ4n) is 3.67. The molecule has 1 aromatic heterocycles. The van der Waals surface area contributed by atoms with E-state index in [2.05, 4.69) is 5.10 Å². The van der Waals surface area contributed by atoms with Crippen molar-refractivity contribution in [2.75, 3.05) is 37.7 Å². The fourth-order valence-corrected chi connectivity index (χ4v) is 5.13. The Labute approximate surface area is 215 Å². The molecule has 0 bridgehead atoms. The summed E-state index contributed by atoms with van der Waals surface area (Å²) < 4.78 is 96.7. The smallest absolute Gasteiger partial charge is 0.453 e. The van der Waals surface area contributed by atoms with Gasteiger partial charge in [-0.05, 0) is 38.5 Å². The highest BCUT2D eigenvalue weighted by Gasteiger charge is 2.56. The van der Waals surface area contributed by atoms with Gasteiger partial charge in [0.25, 0.3) is 0 Å². The number of alkyl halides is 5. The molecule has 2 heterocycles. The third-order valence-electron chi connectivity index (χ3n) is 5.80. The van der Waals surface area contributed by atoms with E-state index < -0.39 is 52.4 Å². The van der Waals surface area contributed by atoms with Crippen LogP contribution in [0.15, 0.2) is 35.3 Å². The average Bonchev–Trinajstić information content (AvgIpc) is 2.81. The number of sulfonamides is 1. The van der Waals surface area contributed by atoms with Crippen LogP contribution < -0.4 is 15.2 Å². The minimum atomic E-state index is -5.69. The summed E-state index contributed by atoms with van der Waals surface area (Å²) in [7, 11) is -3.50. The van der Waals surface area contributed by atoms with Crippen LogP contribution in [0.4, 0.5) is 27.6 Å². The number of hydrogen-bond acceptors (Lipinski definition) is 6. The number of ether oxygens (including phenoxy) is 1. The highest BCUT2D eigenvalue weighted by atomic mass is 35.5. The Hall–Kier alpha value is -2.45. The van der Waals surface area contributed by atoms with Gasteiger partial charge >= 0.3 is 17.7 Å². The predicted molar refractivity (Wildman–Crippen MR) is 128 cm³/mol. The summed E-state index contributed by atoms with van der Waals surface area (Å²) in [4.78, 5) is 14.9. The standard InChI is InChI=1S/C22H26ClF5N4O4S/c1-15(2)37(34,35)31-10-8-30(9-11-31)18-14-29-32(17-6-3-5-16(23)13-17)20(33)19(18)36-12-4-7-21(24,25)22(26,27)28/h3,5-6,13-15H,4,7-12H2,1-2H3. The van der Waals surface area contributed by atoms with Crippen LogP contribution in [-0.2, 0) is 10.0 Å². The first-order valence-electron chi connectivity index (χ1n) is 11.3. The molecule has 8 nitrogen and oxygen atoms in total. The van der Waals surface area contributed by atoms with Crippen LogP contribution in [0.1, 0.15) is 26.7 Å². The van der Waals surface area contributed by atoms with Crippen LogP contribution in [0.5, 0.6) is 5.75 Å². The largest absolute Gasteiger partial charge is 0.486 e. The Bertz CT molecular complexity index is 1260. The van der Waals surface area contributed by atoms with Crippen LogP contribution >= 0.6 is 11.6 Å². The molecule has 2 aromatic rings. The third kappa shape index (κ3) is 6.52. The minimum Gasteiger partial charge on any atom is -0.486 e. The van der Waals surface area contributed by atoms with Gasteiger partial charge in [0.15, 0.2) is 0 Å². The molecular weight excluding hydrogens is 547 g/mol. The van der Waals surface area contributed by atoms with Crippen molar-refractivity contribution in [3.8, 4) is 11.4 Å². The van der Waals surface area contributed by atoms with Gasteiger partial charge in [0.05, 0.1) is 23.7 Å². The molecular formula is C22H26ClF5N4O4S. The van der Waals surface area contributed by atoms with Crippen molar-refractivity contribution >= 4 is 27.3 Å². The zero-order valence-electron chi connectivity index (χ0n) is 20.0. The molecule has 1 fully saturated rings. The lowest BCUT2D eigenvalue weighted by Gasteiger charge is -2.36. The third-order valence-corrected chi connectivity index (χ3v) is 8.31. The highest BCUT2D eigenvalue weighted by molar-refractivity contribution is 7.89. The van der Waals surface area contributed by atoms with Crippen molar-refractivity contribution in [3.05, 3.63) is 45.8 Å². The van der Waals surface area contributed by atoms with E-state index in [1.165, 1.54) is 16.6 Å². The first kappa shape index (κ1) is 29.1. The Morgan fingerprint density at radius 1 is 1.11 bits per heavy atom. The van der Waals surface area contributed by atoms with Crippen LogP contribution in [0, 0.1) is 0 Å². The lowest BCUT2D eigenvalue weighted by atomic mass is 10.2. The Morgan fingerprint density at radius 3 is 2.32 bits per heavy atom. The highest BCUT2D eigenvalue weighted by Crippen LogP contribution is 2.39. The summed E-state index contributed by atoms with van der Waals surface area (Å²) in [6.07, 6.45) is -6.57. The van der Waals surface area contributed by atoms with Gasteiger partial charge < -0.3 is 9.64 Å². The van der Waals surface area contributed by atoms with Crippen molar-refractivity contribution in [2.45, 2.75) is 44.0 Å². The van der Waals surface area contributed by atoms with E-state index in [1.807, 2.05) is 0 Å². The van der Waals surface area contributed by atoms with Gasteiger partial charge in [0.1, 0.15) is 5.69 Å². The zero-order valence-corrected chi connectivity index (χ0v) is 21.6. The predicted octanol–water partition coefficient (Wildman–Crippen LogP) is 4.10. The summed E-state index contributed by atoms with van der Waals surface area (Å²) in [5.41, 5.74) is -0.322. The van der Waals surface area contributed by atoms with Gasteiger partial charge in [-0.1, -0.05) is 17.7 Å². The number of halogens is 6. The maximum atomic E-state index is 13.3. The van der Waals surface area contributed by atoms with Gasteiger partial charge in [0.2, 0.25) is 15.8 Å². The lowest BCUT2D eigenvalue weighted by Crippen LogP contribution is -2.50. The van der Waals surface area contributed by atoms with Crippen molar-refractivity contribution in [2.24, 2.45) is 0 Å². The fraction of sp³-hybridized carbons (Fsp3) is 0.545. The lowest BCUT2D eigenvalue weighted by molar-refractivity contribution is -0.284. The first-order chi connectivity index (χ1) is 17.1. The van der Waals surface area contributed by atoms with Gasteiger partial charge in [-0.15, -0.1) is 0 Å². The number of hydrogen-bond donors (Lipinski definition) is 0. The molecule has 15 heteroatoms. The summed E-state index contributed by atoms with van der Waals surface area (Å²) in [6, 6.07) is 6.16. The number of rotatable bonds is 9. The van der Waals surface area contributed by atoms with E-state index in [9.17, 15) is 35.2 Å². The Kier molecular flexibility index (Phi) is 8.75. The second-order valence-electron chi connectivity index (χ2n) is 8.69. The molecule has 0 aliphatic carbocycles. The molecule has 0 saturated carbocycles. The second-order valence-corrected chi connectivity index (χ2v) is 11.6. The molecule has 1 aliphatic heterocycles. The summed E-state index contributed by atoms with van der Waals surface area (Å²) in [5, 5.41) is 3.84. The average molecular weight is 573 g/mol. The van der Waals surface area contributed by atoms with Crippen molar-refractivity contribution < 1.29 is 35.1 Å². The number of anilines is 1. The molecule has 0 amide bonds. The molecule has 1 aromatic carbocycles. The first-order valence-corrected chi connectivity index (χ1v) is 13.2. The van der Waals surface area contributed by atoms with E-state index in [1.54, 1.807) is 36.9 Å². The molecule has 0 unspecified atom stereocenters. The van der Waals surface area contributed by atoms with Crippen molar-refractivity contribution in [3.63, 3.8) is 0 Å². The van der Waals surface area contributed by atoms with Gasteiger partial charge in [0, 0.05) is 37.6 Å². The van der Waals surface area contributed by atoms with Crippen molar-refractivity contribution in [1.82, 2.24) is 14.1 Å². The zero-order chi connectivity index (χ0) is 27.6. The number of aromatic nitrogens is 2. The van der Waals surface area contributed by atoms with E-state index in [4.69, 9.17) is 16.3 Å². The molecule has 37 heavy (non-hydrogen) atoms. The van der Waals surface area contributed by atoms with Crippen LogP contribution in [-0.4, -0.2) is 72.6 Å². The quantitative estimate of drug-likeness (QED) is 0.332. The van der Waals surface area contributed by atoms with Gasteiger partial charge in [-0.2, -0.15) is 36.0 Å². The molecule has 206 valence electrons. The maximum Gasteiger partial charge on any atom is 0.453 e. The van der Waals surface area contributed by atoms with Gasteiger partial charge in [-0.3, -0.25) is 4.79 Å². The maximum absolute atomic E-state index is 13.3. The number of benzene rings is 1. The SMILES string of the molecule is CC(C)S(=O)(=O)N1CCN(c2cnn(-c3cccc(Cl)c3)c(=O)c2OCCCC(F)(F)C(F)(F)F)CC1. The van der Waals surface area contributed by atoms with Crippen LogP contribution in [0.2, 0.25) is 5.02 Å². The summed E-state index contributed by atoms with van der Waals surface area (Å²) in [6.45, 7) is 3.14. The Morgan fingerprint density at radius 2 is 1.76 bits per heavy atom. The van der Waals surface area contributed by atoms with E-state index in [0.29, 0.717) is 5.02 Å². The monoisotopic (exact) mass is 572 g/mol. The molecule has 1 aliphatic rings. The minimum absolute atomic E-state index is 0.120. The number of nitrogens with zero attached hydrogens (tertiary/aromatic N) is 4. The molecule has 1 saturated heterocycles.